The maximum absolute atomic E-state index is 13.3. The third kappa shape index (κ3) is 2.54. The third-order valence-electron chi connectivity index (χ3n) is 5.85. The van der Waals surface area contributed by atoms with Gasteiger partial charge in [0.1, 0.15) is 0 Å². The number of nitrogens with one attached hydrogen (secondary N) is 1. The molecule has 6 rings (SSSR count). The van der Waals surface area contributed by atoms with E-state index in [0.29, 0.717) is 6.42 Å². The molecule has 0 bridgehead atoms. The highest BCUT2D eigenvalue weighted by Crippen LogP contribution is 2.39. The zero-order valence-electron chi connectivity index (χ0n) is 16.8. The lowest BCUT2D eigenvalue weighted by Gasteiger charge is -2.14. The molecule has 0 saturated heterocycles. The van der Waals surface area contributed by atoms with E-state index in [9.17, 15) is 14.4 Å². The molecule has 154 valence electrons. The Hall–Kier alpha value is -4.52. The van der Waals surface area contributed by atoms with Gasteiger partial charge in [-0.2, -0.15) is 10.1 Å². The van der Waals surface area contributed by atoms with E-state index >= 15 is 0 Å². The molecule has 0 radical (unpaired) electrons. The van der Waals surface area contributed by atoms with Crippen molar-refractivity contribution in [3.05, 3.63) is 107 Å². The van der Waals surface area contributed by atoms with Gasteiger partial charge in [-0.15, -0.1) is 0 Å². The summed E-state index contributed by atoms with van der Waals surface area (Å²) in [6, 6.07) is 24.0. The number of hydrogen-bond acceptors (Lipinski definition) is 4. The van der Waals surface area contributed by atoms with Gasteiger partial charge in [-0.3, -0.25) is 19.8 Å². The van der Waals surface area contributed by atoms with Gasteiger partial charge in [0, 0.05) is 17.5 Å². The van der Waals surface area contributed by atoms with Crippen molar-refractivity contribution in [2.45, 2.75) is 6.42 Å². The fourth-order valence-electron chi connectivity index (χ4n) is 4.37. The monoisotopic (exact) mass is 420 g/mol. The van der Waals surface area contributed by atoms with Gasteiger partial charge in [-0.25, -0.2) is 4.68 Å². The van der Waals surface area contributed by atoms with Gasteiger partial charge in [-0.1, -0.05) is 54.6 Å². The van der Waals surface area contributed by atoms with Crippen molar-refractivity contribution < 1.29 is 14.4 Å². The van der Waals surface area contributed by atoms with Crippen LogP contribution >= 0.6 is 0 Å². The lowest BCUT2D eigenvalue weighted by atomic mass is 10.1. The molecule has 3 aromatic carbocycles. The van der Waals surface area contributed by atoms with E-state index in [1.165, 1.54) is 0 Å². The summed E-state index contributed by atoms with van der Waals surface area (Å²) in [5.41, 5.74) is 7.75. The summed E-state index contributed by atoms with van der Waals surface area (Å²) in [6.45, 7) is 0. The first-order chi connectivity index (χ1) is 15.6. The zero-order valence-corrected chi connectivity index (χ0v) is 16.8. The normalized spacial score (nSPS) is 13.7. The van der Waals surface area contributed by atoms with Crippen molar-refractivity contribution in [1.82, 2.24) is 20.2 Å². The van der Waals surface area contributed by atoms with E-state index in [1.54, 1.807) is 28.9 Å². The molecule has 0 atom stereocenters. The molecular formula is C25H16N4O3. The molecule has 7 nitrogen and oxygen atoms in total. The quantitative estimate of drug-likeness (QED) is 0.454. The molecule has 4 aromatic rings. The molecule has 1 aromatic heterocycles. The minimum absolute atomic E-state index is 0.191. The summed E-state index contributed by atoms with van der Waals surface area (Å²) in [4.78, 5) is 38.6. The van der Waals surface area contributed by atoms with Gasteiger partial charge in [-0.05, 0) is 29.8 Å². The second kappa shape index (κ2) is 6.75. The first-order valence-electron chi connectivity index (χ1n) is 10.2. The Morgan fingerprint density at radius 2 is 1.38 bits per heavy atom. The molecule has 0 spiro atoms. The highest BCUT2D eigenvalue weighted by Gasteiger charge is 2.38. The minimum atomic E-state index is -0.599. The van der Waals surface area contributed by atoms with E-state index in [1.807, 2.05) is 54.6 Å². The van der Waals surface area contributed by atoms with Crippen LogP contribution < -0.4 is 5.43 Å². The number of carbonyl (C=O) groups excluding carboxylic acids is 3. The van der Waals surface area contributed by atoms with Crippen LogP contribution in [0.15, 0.2) is 78.9 Å². The number of rotatable bonds is 3. The Balaban J connectivity index is 1.41. The summed E-state index contributed by atoms with van der Waals surface area (Å²) in [6.07, 6.45) is 0.545. The Morgan fingerprint density at radius 1 is 0.781 bits per heavy atom. The SMILES string of the molecule is O=C(NN1C(=O)c2ccccc2C1=O)c1nn(-c2ccccc2)c2c1Cc1ccccc1-2. The van der Waals surface area contributed by atoms with Crippen LogP contribution in [0.4, 0.5) is 0 Å². The van der Waals surface area contributed by atoms with Gasteiger partial charge in [0.2, 0.25) is 0 Å². The van der Waals surface area contributed by atoms with Gasteiger partial charge in [0.05, 0.1) is 22.5 Å². The number of nitrogens with zero attached hydrogens (tertiary/aromatic N) is 3. The molecule has 3 amide bonds. The zero-order chi connectivity index (χ0) is 21.8. The molecule has 1 N–H and O–H groups in total. The largest absolute Gasteiger partial charge is 0.291 e. The summed E-state index contributed by atoms with van der Waals surface area (Å²) in [5, 5.41) is 5.36. The van der Waals surface area contributed by atoms with Gasteiger partial charge in [0.25, 0.3) is 17.7 Å². The van der Waals surface area contributed by atoms with E-state index in [4.69, 9.17) is 0 Å². The fourth-order valence-corrected chi connectivity index (χ4v) is 4.37. The number of hydrogen-bond donors (Lipinski definition) is 1. The highest BCUT2D eigenvalue weighted by molar-refractivity contribution is 6.22. The van der Waals surface area contributed by atoms with Crippen molar-refractivity contribution in [3.63, 3.8) is 0 Å². The van der Waals surface area contributed by atoms with Crippen LogP contribution in [0, 0.1) is 0 Å². The number of fused-ring (bicyclic) bond motifs is 4. The molecule has 1 aliphatic heterocycles. The number of hydrazine groups is 1. The predicted octanol–water partition coefficient (Wildman–Crippen LogP) is 3.38. The lowest BCUT2D eigenvalue weighted by Crippen LogP contribution is -2.46. The van der Waals surface area contributed by atoms with E-state index in [-0.39, 0.29) is 16.8 Å². The van der Waals surface area contributed by atoms with Crippen molar-refractivity contribution in [3.8, 4) is 16.9 Å². The molecular weight excluding hydrogens is 404 g/mol. The second-order valence-electron chi connectivity index (χ2n) is 7.69. The average Bonchev–Trinajstić information content (AvgIpc) is 3.46. The molecule has 0 saturated carbocycles. The van der Waals surface area contributed by atoms with Crippen LogP contribution in [0.2, 0.25) is 0 Å². The maximum Gasteiger partial charge on any atom is 0.291 e. The van der Waals surface area contributed by atoms with Crippen LogP contribution in [0.25, 0.3) is 16.9 Å². The number of para-hydroxylation sites is 1. The van der Waals surface area contributed by atoms with E-state index in [0.717, 1.165) is 33.1 Å². The van der Waals surface area contributed by atoms with Crippen LogP contribution in [0.3, 0.4) is 0 Å². The molecule has 2 aliphatic rings. The summed E-state index contributed by atoms with van der Waals surface area (Å²) in [7, 11) is 0. The van der Waals surface area contributed by atoms with Gasteiger partial charge >= 0.3 is 0 Å². The first kappa shape index (κ1) is 18.3. The summed E-state index contributed by atoms with van der Waals surface area (Å²) < 4.78 is 1.75. The Morgan fingerprint density at radius 3 is 2.06 bits per heavy atom. The number of aromatic nitrogens is 2. The number of amides is 3. The third-order valence-corrected chi connectivity index (χ3v) is 5.85. The van der Waals surface area contributed by atoms with Crippen molar-refractivity contribution in [2.75, 3.05) is 0 Å². The van der Waals surface area contributed by atoms with Crippen LogP contribution in [-0.4, -0.2) is 32.5 Å². The Labute approximate surface area is 182 Å². The molecule has 0 fully saturated rings. The van der Waals surface area contributed by atoms with Crippen LogP contribution in [0.5, 0.6) is 0 Å². The smallest absolute Gasteiger partial charge is 0.267 e. The van der Waals surface area contributed by atoms with Gasteiger partial charge < -0.3 is 0 Å². The second-order valence-corrected chi connectivity index (χ2v) is 7.69. The van der Waals surface area contributed by atoms with Crippen molar-refractivity contribution >= 4 is 17.7 Å². The maximum atomic E-state index is 13.3. The van der Waals surface area contributed by atoms with Gasteiger partial charge in [0.15, 0.2) is 5.69 Å². The molecule has 7 heteroatoms. The minimum Gasteiger partial charge on any atom is -0.267 e. The number of benzene rings is 3. The van der Waals surface area contributed by atoms with Crippen LogP contribution in [-0.2, 0) is 6.42 Å². The highest BCUT2D eigenvalue weighted by atomic mass is 16.2. The summed E-state index contributed by atoms with van der Waals surface area (Å²) >= 11 is 0. The Bertz CT molecular complexity index is 1400. The first-order valence-corrected chi connectivity index (χ1v) is 10.2. The van der Waals surface area contributed by atoms with E-state index < -0.39 is 17.7 Å². The molecule has 32 heavy (non-hydrogen) atoms. The number of carbonyl (C=O) groups is 3. The topological polar surface area (TPSA) is 84.3 Å². The van der Waals surface area contributed by atoms with Crippen molar-refractivity contribution in [2.24, 2.45) is 0 Å². The number of imide groups is 1. The average molecular weight is 420 g/mol. The summed E-state index contributed by atoms with van der Waals surface area (Å²) in [5.74, 6) is -1.71. The van der Waals surface area contributed by atoms with E-state index in [2.05, 4.69) is 10.5 Å². The standard InChI is InChI=1S/C25H16N4O3/c30-23(27-29-24(31)18-12-6-7-13-19(18)25(29)32)21-20-14-15-8-4-5-11-17(15)22(20)28(26-21)16-9-2-1-3-10-16/h1-13H,14H2,(H,27,30). The Kier molecular flexibility index (Phi) is 3.85. The fraction of sp³-hybridized carbons (Fsp3) is 0.0400. The van der Waals surface area contributed by atoms with Crippen molar-refractivity contribution in [1.29, 1.82) is 0 Å². The molecule has 2 heterocycles. The predicted molar refractivity (Wildman–Crippen MR) is 116 cm³/mol. The molecule has 1 aliphatic carbocycles. The molecule has 0 unspecified atom stereocenters. The van der Waals surface area contributed by atoms with Crippen LogP contribution in [0.1, 0.15) is 42.3 Å². The lowest BCUT2D eigenvalue weighted by molar-refractivity contribution is 0.0516.